The maximum atomic E-state index is 14.2. The van der Waals surface area contributed by atoms with E-state index in [1.54, 1.807) is 6.07 Å². The van der Waals surface area contributed by atoms with Crippen LogP contribution in [-0.2, 0) is 30.6 Å². The quantitative estimate of drug-likeness (QED) is 0.463. The molecule has 4 rings (SSSR count). The topological polar surface area (TPSA) is 32.3 Å². The van der Waals surface area contributed by atoms with Gasteiger partial charge in [0.25, 0.3) is 0 Å². The smallest absolute Gasteiger partial charge is 0.128 e. The molecular formula is C27H29FN2O. The first-order chi connectivity index (χ1) is 15.2. The Kier molecular flexibility index (Phi) is 6.98. The summed E-state index contributed by atoms with van der Waals surface area (Å²) in [4.78, 5) is 13.0. The summed E-state index contributed by atoms with van der Waals surface area (Å²) in [6.45, 7) is 2.75. The van der Waals surface area contributed by atoms with E-state index in [-0.39, 0.29) is 5.82 Å². The number of aryl methyl sites for hydroxylation is 2. The minimum atomic E-state index is -0.260. The summed E-state index contributed by atoms with van der Waals surface area (Å²) in [5, 5.41) is 3.34. The highest BCUT2D eigenvalue weighted by Crippen LogP contribution is 2.29. The Bertz CT molecular complexity index is 1020. The van der Waals surface area contributed by atoms with E-state index in [2.05, 4.69) is 58.7 Å². The molecule has 0 fully saturated rings. The van der Waals surface area contributed by atoms with Crippen LogP contribution in [-0.4, -0.2) is 19.4 Å². The van der Waals surface area contributed by atoms with E-state index < -0.39 is 0 Å². The number of anilines is 2. The molecule has 0 bridgehead atoms. The third kappa shape index (κ3) is 5.52. The number of rotatable bonds is 9. The predicted molar refractivity (Wildman–Crippen MR) is 125 cm³/mol. The van der Waals surface area contributed by atoms with E-state index in [0.29, 0.717) is 24.9 Å². The average molecular weight is 417 g/mol. The minimum absolute atomic E-state index is 0.260. The van der Waals surface area contributed by atoms with Gasteiger partial charge in [0.05, 0.1) is 0 Å². The molecule has 0 aromatic heterocycles. The van der Waals surface area contributed by atoms with E-state index >= 15 is 0 Å². The van der Waals surface area contributed by atoms with Crippen LogP contribution in [0.1, 0.15) is 35.1 Å². The predicted octanol–water partition coefficient (Wildman–Crippen LogP) is 5.56. The van der Waals surface area contributed by atoms with Crippen LogP contribution in [0.15, 0.2) is 66.7 Å². The Labute approximate surface area is 183 Å². The van der Waals surface area contributed by atoms with Crippen LogP contribution in [0.4, 0.5) is 15.8 Å². The van der Waals surface area contributed by atoms with Crippen molar-refractivity contribution >= 4 is 17.7 Å². The van der Waals surface area contributed by atoms with E-state index in [0.717, 1.165) is 37.9 Å². The molecule has 31 heavy (non-hydrogen) atoms. The number of aldehydes is 1. The van der Waals surface area contributed by atoms with Gasteiger partial charge in [-0.15, -0.1) is 0 Å². The normalized spacial score (nSPS) is 13.0. The first kappa shape index (κ1) is 21.1. The number of benzene rings is 3. The number of nitrogens with zero attached hydrogens (tertiary/aromatic N) is 1. The number of carbonyl (C=O) groups excluding carboxylic acids is 1. The molecule has 0 saturated carbocycles. The Morgan fingerprint density at radius 3 is 2.65 bits per heavy atom. The fourth-order valence-corrected chi connectivity index (χ4v) is 4.23. The molecule has 4 heteroatoms. The van der Waals surface area contributed by atoms with Crippen molar-refractivity contribution in [2.75, 3.05) is 23.3 Å². The van der Waals surface area contributed by atoms with Gasteiger partial charge < -0.3 is 15.0 Å². The lowest BCUT2D eigenvalue weighted by Crippen LogP contribution is -2.31. The second kappa shape index (κ2) is 10.3. The average Bonchev–Trinajstić information content (AvgIpc) is 2.81. The number of hydrogen-bond acceptors (Lipinski definition) is 3. The molecule has 1 N–H and O–H groups in total. The van der Waals surface area contributed by atoms with Gasteiger partial charge in [0.15, 0.2) is 0 Å². The van der Waals surface area contributed by atoms with Crippen LogP contribution in [0, 0.1) is 5.82 Å². The van der Waals surface area contributed by atoms with Crippen LogP contribution in [0.2, 0.25) is 0 Å². The second-order valence-corrected chi connectivity index (χ2v) is 8.15. The molecule has 0 amide bonds. The van der Waals surface area contributed by atoms with Crippen LogP contribution < -0.4 is 10.2 Å². The SMILES string of the molecule is O=CCCc1ccc(NCc2ccc3c(c2)N(CCc2ccccc2)CCC3)cc1F. The highest BCUT2D eigenvalue weighted by molar-refractivity contribution is 5.58. The lowest BCUT2D eigenvalue weighted by Gasteiger charge is -2.32. The lowest BCUT2D eigenvalue weighted by atomic mass is 9.98. The maximum Gasteiger partial charge on any atom is 0.128 e. The zero-order chi connectivity index (χ0) is 21.5. The van der Waals surface area contributed by atoms with Crippen molar-refractivity contribution in [3.63, 3.8) is 0 Å². The molecule has 3 aromatic carbocycles. The van der Waals surface area contributed by atoms with Gasteiger partial charge in [-0.05, 0) is 66.1 Å². The van der Waals surface area contributed by atoms with Gasteiger partial charge in [-0.1, -0.05) is 48.5 Å². The fourth-order valence-electron chi connectivity index (χ4n) is 4.23. The van der Waals surface area contributed by atoms with E-state index in [4.69, 9.17) is 0 Å². The van der Waals surface area contributed by atoms with Gasteiger partial charge in [0.2, 0.25) is 0 Å². The molecular weight excluding hydrogens is 387 g/mol. The third-order valence-electron chi connectivity index (χ3n) is 5.96. The molecule has 3 nitrogen and oxygen atoms in total. The van der Waals surface area contributed by atoms with E-state index in [9.17, 15) is 9.18 Å². The second-order valence-electron chi connectivity index (χ2n) is 8.15. The standard InChI is InChI=1S/C27H29FN2O/c28-26-19-25(13-12-23(26)9-5-17-31)29-20-22-10-11-24-8-4-15-30(27(24)18-22)16-14-21-6-2-1-3-7-21/h1-3,6-7,10-13,17-19,29H,4-5,8-9,14-16,20H2. The van der Waals surface area contributed by atoms with Gasteiger partial charge in [0.1, 0.15) is 12.1 Å². The van der Waals surface area contributed by atoms with Crippen LogP contribution in [0.5, 0.6) is 0 Å². The highest BCUT2D eigenvalue weighted by atomic mass is 19.1. The number of carbonyl (C=O) groups is 1. The molecule has 0 aliphatic carbocycles. The van der Waals surface area contributed by atoms with Gasteiger partial charge >= 0.3 is 0 Å². The minimum Gasteiger partial charge on any atom is -0.381 e. The van der Waals surface area contributed by atoms with Crippen molar-refractivity contribution in [1.29, 1.82) is 0 Å². The summed E-state index contributed by atoms with van der Waals surface area (Å²) in [6, 6.07) is 22.5. The van der Waals surface area contributed by atoms with Crippen molar-refractivity contribution in [2.24, 2.45) is 0 Å². The molecule has 0 atom stereocenters. The largest absolute Gasteiger partial charge is 0.381 e. The zero-order valence-electron chi connectivity index (χ0n) is 17.8. The number of hydrogen-bond donors (Lipinski definition) is 1. The molecule has 1 aliphatic rings. The van der Waals surface area contributed by atoms with Crippen LogP contribution in [0.25, 0.3) is 0 Å². The Balaban J connectivity index is 1.41. The maximum absolute atomic E-state index is 14.2. The van der Waals surface area contributed by atoms with Crippen LogP contribution >= 0.6 is 0 Å². The summed E-state index contributed by atoms with van der Waals surface area (Å²) in [7, 11) is 0. The number of halogens is 1. The first-order valence-corrected chi connectivity index (χ1v) is 11.1. The van der Waals surface area contributed by atoms with E-state index in [1.807, 2.05) is 6.07 Å². The first-order valence-electron chi connectivity index (χ1n) is 11.1. The van der Waals surface area contributed by atoms with E-state index in [1.165, 1.54) is 34.9 Å². The molecule has 160 valence electrons. The van der Waals surface area contributed by atoms with Crippen molar-refractivity contribution in [1.82, 2.24) is 0 Å². The number of nitrogens with one attached hydrogen (secondary N) is 1. The van der Waals surface area contributed by atoms with Crippen molar-refractivity contribution in [3.05, 3.63) is 94.8 Å². The molecule has 0 spiro atoms. The molecule has 1 aliphatic heterocycles. The summed E-state index contributed by atoms with van der Waals surface area (Å²) >= 11 is 0. The summed E-state index contributed by atoms with van der Waals surface area (Å²) in [5.41, 5.74) is 6.64. The summed E-state index contributed by atoms with van der Waals surface area (Å²) in [5.74, 6) is -0.260. The third-order valence-corrected chi connectivity index (χ3v) is 5.96. The lowest BCUT2D eigenvalue weighted by molar-refractivity contribution is -0.107. The molecule has 0 radical (unpaired) electrons. The van der Waals surface area contributed by atoms with Gasteiger partial charge in [-0.25, -0.2) is 4.39 Å². The van der Waals surface area contributed by atoms with Crippen molar-refractivity contribution in [2.45, 2.75) is 38.6 Å². The van der Waals surface area contributed by atoms with Gasteiger partial charge in [-0.2, -0.15) is 0 Å². The molecule has 0 saturated heterocycles. The molecule has 0 unspecified atom stereocenters. The van der Waals surface area contributed by atoms with Crippen LogP contribution in [0.3, 0.4) is 0 Å². The Hall–Kier alpha value is -3.14. The highest BCUT2D eigenvalue weighted by Gasteiger charge is 2.17. The Morgan fingerprint density at radius 1 is 0.968 bits per heavy atom. The van der Waals surface area contributed by atoms with Crippen molar-refractivity contribution in [3.8, 4) is 0 Å². The van der Waals surface area contributed by atoms with Crippen molar-refractivity contribution < 1.29 is 9.18 Å². The zero-order valence-corrected chi connectivity index (χ0v) is 17.8. The molecule has 1 heterocycles. The van der Waals surface area contributed by atoms with Gasteiger partial charge in [0, 0.05) is 37.4 Å². The summed E-state index contributed by atoms with van der Waals surface area (Å²) < 4.78 is 14.2. The van der Waals surface area contributed by atoms with Gasteiger partial charge in [-0.3, -0.25) is 0 Å². The summed E-state index contributed by atoms with van der Waals surface area (Å²) in [6.07, 6.45) is 4.97. The Morgan fingerprint density at radius 2 is 1.84 bits per heavy atom. The monoisotopic (exact) mass is 416 g/mol. The fraction of sp³-hybridized carbons (Fsp3) is 0.296. The number of fused-ring (bicyclic) bond motifs is 1. The molecule has 3 aromatic rings.